The number of carbonyl (C=O) groups is 2. The molecule has 7 heteroatoms. The number of nitrogens with zero attached hydrogens (tertiary/aromatic N) is 1. The van der Waals surface area contributed by atoms with Crippen molar-refractivity contribution in [3.63, 3.8) is 0 Å². The smallest absolute Gasteiger partial charge is 0.349 e. The van der Waals surface area contributed by atoms with E-state index in [1.165, 1.54) is 31.2 Å². The molecule has 0 bridgehead atoms. The van der Waals surface area contributed by atoms with Gasteiger partial charge in [-0.15, -0.1) is 0 Å². The fourth-order valence-electron chi connectivity index (χ4n) is 2.66. The van der Waals surface area contributed by atoms with Crippen LogP contribution in [0.3, 0.4) is 0 Å². The summed E-state index contributed by atoms with van der Waals surface area (Å²) in [4.78, 5) is 37.7. The average molecular weight is 355 g/mol. The second-order valence-electron chi connectivity index (χ2n) is 5.82. The molecule has 0 aliphatic heterocycles. The standard InChI is InChI=1S/C19H17NO6/c1-11-14(18(22)24-3)9-13(25-11)10-20(2)17(21)15-8-12-6-4-5-7-16(12)26-19(15)23/h4-9H,10H2,1-3H3. The van der Waals surface area contributed by atoms with E-state index in [9.17, 15) is 14.4 Å². The minimum atomic E-state index is -0.702. The van der Waals surface area contributed by atoms with Crippen molar-refractivity contribution in [3.8, 4) is 0 Å². The summed E-state index contributed by atoms with van der Waals surface area (Å²) in [6.07, 6.45) is 0. The number of methoxy groups -OCH3 is 1. The molecule has 0 aliphatic rings. The third kappa shape index (κ3) is 3.23. The number of hydrogen-bond donors (Lipinski definition) is 0. The predicted octanol–water partition coefficient (Wildman–Crippen LogP) is 2.75. The number of aryl methyl sites for hydroxylation is 1. The summed E-state index contributed by atoms with van der Waals surface area (Å²) in [6.45, 7) is 1.72. The molecule has 2 aromatic heterocycles. The Balaban J connectivity index is 1.85. The molecule has 3 aromatic rings. The van der Waals surface area contributed by atoms with Crippen LogP contribution in [-0.2, 0) is 11.3 Å². The van der Waals surface area contributed by atoms with E-state index in [1.807, 2.05) is 0 Å². The quantitative estimate of drug-likeness (QED) is 0.528. The van der Waals surface area contributed by atoms with Gasteiger partial charge >= 0.3 is 11.6 Å². The van der Waals surface area contributed by atoms with Crippen molar-refractivity contribution in [2.75, 3.05) is 14.2 Å². The van der Waals surface area contributed by atoms with Crippen LogP contribution in [0.4, 0.5) is 0 Å². The lowest BCUT2D eigenvalue weighted by Gasteiger charge is -2.15. The first-order valence-electron chi connectivity index (χ1n) is 7.86. The Hall–Kier alpha value is -3.35. The number of rotatable bonds is 4. The molecule has 0 atom stereocenters. The molecule has 7 nitrogen and oxygen atoms in total. The van der Waals surface area contributed by atoms with Crippen LogP contribution in [0.25, 0.3) is 11.0 Å². The van der Waals surface area contributed by atoms with Crippen molar-refractivity contribution in [1.29, 1.82) is 0 Å². The van der Waals surface area contributed by atoms with E-state index in [0.717, 1.165) is 0 Å². The van der Waals surface area contributed by atoms with Gasteiger partial charge < -0.3 is 18.5 Å². The van der Waals surface area contributed by atoms with Crippen LogP contribution in [0.1, 0.15) is 32.2 Å². The highest BCUT2D eigenvalue weighted by atomic mass is 16.5. The first kappa shape index (κ1) is 17.5. The Morgan fingerprint density at radius 1 is 1.12 bits per heavy atom. The third-order valence-corrected chi connectivity index (χ3v) is 3.99. The number of hydrogen-bond acceptors (Lipinski definition) is 6. The highest BCUT2D eigenvalue weighted by molar-refractivity contribution is 5.96. The van der Waals surface area contributed by atoms with E-state index in [2.05, 4.69) is 4.74 Å². The minimum absolute atomic E-state index is 0.0670. The van der Waals surface area contributed by atoms with E-state index in [0.29, 0.717) is 28.1 Å². The van der Waals surface area contributed by atoms with Gasteiger partial charge in [0.15, 0.2) is 0 Å². The lowest BCUT2D eigenvalue weighted by atomic mass is 10.1. The summed E-state index contributed by atoms with van der Waals surface area (Å²) in [5.41, 5.74) is -0.0521. The molecule has 0 spiro atoms. The summed E-state index contributed by atoms with van der Waals surface area (Å²) in [5, 5.41) is 0.658. The second kappa shape index (κ2) is 6.87. The molecular weight excluding hydrogens is 338 g/mol. The molecule has 3 rings (SSSR count). The van der Waals surface area contributed by atoms with Crippen molar-refractivity contribution in [3.05, 3.63) is 69.5 Å². The van der Waals surface area contributed by atoms with Gasteiger partial charge in [0, 0.05) is 12.4 Å². The van der Waals surface area contributed by atoms with Crippen molar-refractivity contribution in [2.24, 2.45) is 0 Å². The van der Waals surface area contributed by atoms with Gasteiger partial charge in [-0.1, -0.05) is 18.2 Å². The molecule has 134 valence electrons. The molecule has 0 unspecified atom stereocenters. The number of para-hydroxylation sites is 1. The Bertz CT molecular complexity index is 1050. The second-order valence-corrected chi connectivity index (χ2v) is 5.82. The zero-order chi connectivity index (χ0) is 18.8. The first-order valence-corrected chi connectivity index (χ1v) is 7.86. The molecule has 26 heavy (non-hydrogen) atoms. The number of furan rings is 1. The van der Waals surface area contributed by atoms with Crippen LogP contribution in [0, 0.1) is 6.92 Å². The zero-order valence-electron chi connectivity index (χ0n) is 14.6. The Morgan fingerprint density at radius 3 is 2.58 bits per heavy atom. The number of carbonyl (C=O) groups excluding carboxylic acids is 2. The zero-order valence-corrected chi connectivity index (χ0v) is 14.6. The van der Waals surface area contributed by atoms with E-state index in [4.69, 9.17) is 8.83 Å². The van der Waals surface area contributed by atoms with Crippen molar-refractivity contribution in [1.82, 2.24) is 4.90 Å². The summed E-state index contributed by atoms with van der Waals surface area (Å²) in [5.74, 6) is -0.207. The maximum absolute atomic E-state index is 12.6. The molecule has 1 amide bonds. The van der Waals surface area contributed by atoms with Gasteiger partial charge in [-0.2, -0.15) is 0 Å². The van der Waals surface area contributed by atoms with Gasteiger partial charge in [0.2, 0.25) is 0 Å². The van der Waals surface area contributed by atoms with Crippen LogP contribution < -0.4 is 5.63 Å². The van der Waals surface area contributed by atoms with Gasteiger partial charge in [-0.25, -0.2) is 9.59 Å². The normalized spacial score (nSPS) is 10.7. The number of esters is 1. The maximum atomic E-state index is 12.6. The predicted molar refractivity (Wildman–Crippen MR) is 93.1 cm³/mol. The Labute approximate surface area is 148 Å². The number of ether oxygens (including phenoxy) is 1. The fourth-order valence-corrected chi connectivity index (χ4v) is 2.66. The van der Waals surface area contributed by atoms with Crippen LogP contribution in [0.2, 0.25) is 0 Å². The fraction of sp³-hybridized carbons (Fsp3) is 0.211. The monoisotopic (exact) mass is 355 g/mol. The highest BCUT2D eigenvalue weighted by Crippen LogP contribution is 2.18. The number of fused-ring (bicyclic) bond motifs is 1. The Morgan fingerprint density at radius 2 is 1.85 bits per heavy atom. The topological polar surface area (TPSA) is 90.0 Å². The van der Waals surface area contributed by atoms with Crippen LogP contribution in [0.15, 0.2) is 50.0 Å². The van der Waals surface area contributed by atoms with E-state index < -0.39 is 17.5 Å². The van der Waals surface area contributed by atoms with E-state index >= 15 is 0 Å². The van der Waals surface area contributed by atoms with E-state index in [1.54, 1.807) is 31.2 Å². The first-order chi connectivity index (χ1) is 12.4. The SMILES string of the molecule is COC(=O)c1cc(CN(C)C(=O)c2cc3ccccc3oc2=O)oc1C. The summed E-state index contributed by atoms with van der Waals surface area (Å²) >= 11 is 0. The molecule has 0 aliphatic carbocycles. The molecule has 2 heterocycles. The Kier molecular flexibility index (Phi) is 4.62. The average Bonchev–Trinajstić information content (AvgIpc) is 2.99. The molecule has 0 fully saturated rings. The van der Waals surface area contributed by atoms with Gasteiger partial charge in [0.05, 0.1) is 13.7 Å². The molecule has 1 aromatic carbocycles. The van der Waals surface area contributed by atoms with Gasteiger partial charge in [0.25, 0.3) is 5.91 Å². The number of benzene rings is 1. The molecule has 0 radical (unpaired) electrons. The molecule has 0 N–H and O–H groups in total. The largest absolute Gasteiger partial charge is 0.465 e. The van der Waals surface area contributed by atoms with Gasteiger partial charge in [0.1, 0.15) is 28.2 Å². The van der Waals surface area contributed by atoms with Gasteiger partial charge in [-0.05, 0) is 25.1 Å². The highest BCUT2D eigenvalue weighted by Gasteiger charge is 2.21. The molecule has 0 saturated heterocycles. The van der Waals surface area contributed by atoms with Crippen molar-refractivity contribution < 1.29 is 23.2 Å². The summed E-state index contributed by atoms with van der Waals surface area (Å²) < 4.78 is 15.4. The van der Waals surface area contributed by atoms with E-state index in [-0.39, 0.29) is 12.1 Å². The van der Waals surface area contributed by atoms with Crippen LogP contribution >= 0.6 is 0 Å². The molecule has 0 saturated carbocycles. The lowest BCUT2D eigenvalue weighted by molar-refractivity contribution is 0.0598. The minimum Gasteiger partial charge on any atom is -0.465 e. The van der Waals surface area contributed by atoms with Crippen LogP contribution in [-0.4, -0.2) is 30.9 Å². The van der Waals surface area contributed by atoms with Crippen LogP contribution in [0.5, 0.6) is 0 Å². The number of amides is 1. The molecular formula is C19H17NO6. The maximum Gasteiger partial charge on any atom is 0.349 e. The van der Waals surface area contributed by atoms with Crippen molar-refractivity contribution >= 4 is 22.8 Å². The third-order valence-electron chi connectivity index (χ3n) is 3.99. The summed E-state index contributed by atoms with van der Waals surface area (Å²) in [7, 11) is 2.82. The van der Waals surface area contributed by atoms with Crippen molar-refractivity contribution in [2.45, 2.75) is 13.5 Å². The summed E-state index contributed by atoms with van der Waals surface area (Å²) in [6, 6.07) is 9.99. The lowest BCUT2D eigenvalue weighted by Crippen LogP contribution is -2.30. The van der Waals surface area contributed by atoms with Gasteiger partial charge in [-0.3, -0.25) is 4.79 Å².